The lowest BCUT2D eigenvalue weighted by atomic mass is 10.1. The van der Waals surface area contributed by atoms with Crippen molar-refractivity contribution in [2.45, 2.75) is 18.7 Å². The maximum Gasteiger partial charge on any atom is 0.259 e. The zero-order valence-corrected chi connectivity index (χ0v) is 20.1. The van der Waals surface area contributed by atoms with Crippen molar-refractivity contribution in [2.75, 3.05) is 18.4 Å². The Balaban J connectivity index is 1.39. The minimum absolute atomic E-state index is 0.263. The van der Waals surface area contributed by atoms with Gasteiger partial charge in [-0.2, -0.15) is 4.98 Å². The number of fused-ring (bicyclic) bond motifs is 1. The van der Waals surface area contributed by atoms with Crippen LogP contribution in [0.15, 0.2) is 53.6 Å². The highest BCUT2D eigenvalue weighted by molar-refractivity contribution is 6.39. The third-order valence-corrected chi connectivity index (χ3v) is 6.42. The number of alkyl halides is 1. The lowest BCUT2D eigenvalue weighted by Gasteiger charge is -2.27. The van der Waals surface area contributed by atoms with Crippen molar-refractivity contribution in [3.05, 3.63) is 69.2 Å². The first-order valence-electron chi connectivity index (χ1n) is 11.0. The predicted octanol–water partition coefficient (Wildman–Crippen LogP) is 4.52. The van der Waals surface area contributed by atoms with Gasteiger partial charge in [-0.05, 0) is 43.3 Å². The van der Waals surface area contributed by atoms with Crippen LogP contribution in [0.4, 0.5) is 16.2 Å². The Bertz CT molecular complexity index is 1430. The highest BCUT2D eigenvalue weighted by atomic mass is 35.5. The molecule has 0 bridgehead atoms. The van der Waals surface area contributed by atoms with Gasteiger partial charge in [0, 0.05) is 30.7 Å². The Labute approximate surface area is 210 Å². The van der Waals surface area contributed by atoms with Crippen LogP contribution in [0.2, 0.25) is 10.0 Å². The summed E-state index contributed by atoms with van der Waals surface area (Å²) in [6.45, 7) is 0.999. The van der Waals surface area contributed by atoms with E-state index in [2.05, 4.69) is 25.6 Å². The van der Waals surface area contributed by atoms with Crippen molar-refractivity contribution < 1.29 is 9.13 Å². The molecule has 1 fully saturated rings. The third kappa shape index (κ3) is 4.80. The monoisotopic (exact) mass is 514 g/mol. The number of rotatable bonds is 5. The van der Waals surface area contributed by atoms with Gasteiger partial charge in [-0.3, -0.25) is 9.36 Å². The van der Waals surface area contributed by atoms with Crippen LogP contribution in [0.5, 0.6) is 5.75 Å². The molecule has 0 spiro atoms. The van der Waals surface area contributed by atoms with Gasteiger partial charge >= 0.3 is 0 Å². The van der Waals surface area contributed by atoms with Crippen molar-refractivity contribution in [3.8, 4) is 16.9 Å². The van der Waals surface area contributed by atoms with E-state index in [-0.39, 0.29) is 18.1 Å². The summed E-state index contributed by atoms with van der Waals surface area (Å²) in [5, 5.41) is 7.42. The molecule has 0 radical (unpaired) electrons. The molecule has 180 valence electrons. The van der Waals surface area contributed by atoms with Gasteiger partial charge < -0.3 is 15.4 Å². The molecule has 8 nitrogen and oxygen atoms in total. The summed E-state index contributed by atoms with van der Waals surface area (Å²) in [4.78, 5) is 26.2. The first-order valence-corrected chi connectivity index (χ1v) is 11.7. The minimum atomic E-state index is -1.06. The zero-order valence-electron chi connectivity index (χ0n) is 18.6. The summed E-state index contributed by atoms with van der Waals surface area (Å²) in [6, 6.07) is 10.2. The molecule has 0 unspecified atom stereocenters. The van der Waals surface area contributed by atoms with Crippen LogP contribution >= 0.6 is 23.2 Å². The summed E-state index contributed by atoms with van der Waals surface area (Å²) in [5.74, 6) is 1.22. The van der Waals surface area contributed by atoms with Crippen molar-refractivity contribution in [3.63, 3.8) is 0 Å². The maximum absolute atomic E-state index is 14.0. The van der Waals surface area contributed by atoms with E-state index in [9.17, 15) is 9.18 Å². The quantitative estimate of drug-likeness (QED) is 0.404. The number of nitrogens with zero attached hydrogens (tertiary/aromatic N) is 4. The van der Waals surface area contributed by atoms with Crippen LogP contribution in [0.1, 0.15) is 6.42 Å². The van der Waals surface area contributed by atoms with Crippen molar-refractivity contribution in [1.82, 2.24) is 24.8 Å². The first kappa shape index (κ1) is 23.5. The molecule has 4 aromatic rings. The third-order valence-electron chi connectivity index (χ3n) is 5.79. The standard InChI is InChI=1S/C24H21Cl2FN6O2/c1-33-22-13(9-15(23(33)34)21-16(25)3-2-4-17(21)26)10-30-24(32-22)31-20-6-5-14(11-29-20)35-19-7-8-28-12-18(19)27/h2-6,9-11,18-19,28H,7-8,12H2,1H3,(H,29,30,31,32)/t18-,19-/m0/s1. The molecule has 0 aliphatic carbocycles. The van der Waals surface area contributed by atoms with Gasteiger partial charge in [0.2, 0.25) is 5.95 Å². The summed E-state index contributed by atoms with van der Waals surface area (Å²) in [7, 11) is 1.62. The van der Waals surface area contributed by atoms with Crippen molar-refractivity contribution in [2.24, 2.45) is 7.05 Å². The number of ether oxygens (including phenoxy) is 1. The number of anilines is 2. The SMILES string of the molecule is Cn1c(=O)c(-c2c(Cl)cccc2Cl)cc2cnc(Nc3ccc(O[C@H]4CCNC[C@@H]4F)cn3)nc21. The molecule has 11 heteroatoms. The van der Waals surface area contributed by atoms with Crippen LogP contribution in [-0.4, -0.2) is 44.9 Å². The summed E-state index contributed by atoms with van der Waals surface area (Å²) in [5.41, 5.74) is 0.970. The number of aromatic nitrogens is 4. The Morgan fingerprint density at radius 3 is 2.69 bits per heavy atom. The molecule has 0 saturated carbocycles. The van der Waals surface area contributed by atoms with Crippen LogP contribution in [0.25, 0.3) is 22.2 Å². The van der Waals surface area contributed by atoms with Gasteiger partial charge in [0.15, 0.2) is 0 Å². The van der Waals surface area contributed by atoms with Crippen LogP contribution in [0.3, 0.4) is 0 Å². The molecule has 0 amide bonds. The number of halogens is 3. The van der Waals surface area contributed by atoms with Gasteiger partial charge in [0.25, 0.3) is 5.56 Å². The molecule has 1 aliphatic rings. The van der Waals surface area contributed by atoms with E-state index in [1.165, 1.54) is 10.8 Å². The van der Waals surface area contributed by atoms with Crippen LogP contribution in [0, 0.1) is 0 Å². The van der Waals surface area contributed by atoms with Crippen LogP contribution in [-0.2, 0) is 7.05 Å². The van der Waals surface area contributed by atoms with Gasteiger partial charge in [0.1, 0.15) is 29.5 Å². The molecule has 1 saturated heterocycles. The normalized spacial score (nSPS) is 17.9. The summed E-state index contributed by atoms with van der Waals surface area (Å²) >= 11 is 12.6. The Morgan fingerprint density at radius 2 is 1.97 bits per heavy atom. The van der Waals surface area contributed by atoms with Gasteiger partial charge in [0.05, 0.1) is 21.8 Å². The summed E-state index contributed by atoms with van der Waals surface area (Å²) in [6.07, 6.45) is 2.16. The number of pyridine rings is 2. The number of hydrogen-bond acceptors (Lipinski definition) is 7. The van der Waals surface area contributed by atoms with E-state index in [4.69, 9.17) is 27.9 Å². The van der Waals surface area contributed by atoms with E-state index in [1.807, 2.05) is 0 Å². The van der Waals surface area contributed by atoms with Gasteiger partial charge in [-0.25, -0.2) is 14.4 Å². The Hall–Kier alpha value is -3.27. The molecule has 1 aliphatic heterocycles. The number of aryl methyl sites for hydroxylation is 1. The highest BCUT2D eigenvalue weighted by Crippen LogP contribution is 2.33. The fourth-order valence-corrected chi connectivity index (χ4v) is 4.58. The second-order valence-electron chi connectivity index (χ2n) is 8.16. The molecular weight excluding hydrogens is 494 g/mol. The lowest BCUT2D eigenvalue weighted by Crippen LogP contribution is -2.44. The molecule has 4 heterocycles. The highest BCUT2D eigenvalue weighted by Gasteiger charge is 2.26. The average Bonchev–Trinajstić information content (AvgIpc) is 2.85. The fraction of sp³-hybridized carbons (Fsp3) is 0.250. The fourth-order valence-electron chi connectivity index (χ4n) is 3.98. The zero-order chi connectivity index (χ0) is 24.5. The smallest absolute Gasteiger partial charge is 0.259 e. The van der Waals surface area contributed by atoms with Crippen molar-refractivity contribution in [1.29, 1.82) is 0 Å². The van der Waals surface area contributed by atoms with E-state index in [1.54, 1.807) is 49.6 Å². The molecule has 3 aromatic heterocycles. The predicted molar refractivity (Wildman–Crippen MR) is 135 cm³/mol. The molecule has 1 aromatic carbocycles. The number of benzene rings is 1. The van der Waals surface area contributed by atoms with Gasteiger partial charge in [-0.15, -0.1) is 0 Å². The first-order chi connectivity index (χ1) is 16.9. The van der Waals surface area contributed by atoms with E-state index in [0.29, 0.717) is 56.7 Å². The van der Waals surface area contributed by atoms with E-state index in [0.717, 1.165) is 0 Å². The lowest BCUT2D eigenvalue weighted by molar-refractivity contribution is 0.0729. The van der Waals surface area contributed by atoms with E-state index >= 15 is 0 Å². The van der Waals surface area contributed by atoms with Crippen molar-refractivity contribution >= 4 is 46.0 Å². The minimum Gasteiger partial charge on any atom is -0.486 e. The maximum atomic E-state index is 14.0. The topological polar surface area (TPSA) is 94.0 Å². The molecular formula is C24H21Cl2FN6O2. The number of nitrogens with one attached hydrogen (secondary N) is 2. The van der Waals surface area contributed by atoms with Crippen LogP contribution < -0.4 is 20.9 Å². The molecule has 2 N–H and O–H groups in total. The second kappa shape index (κ2) is 9.77. The van der Waals surface area contributed by atoms with E-state index < -0.39 is 12.3 Å². The summed E-state index contributed by atoms with van der Waals surface area (Å²) < 4.78 is 21.1. The number of hydrogen-bond donors (Lipinski definition) is 2. The second-order valence-corrected chi connectivity index (χ2v) is 8.98. The largest absolute Gasteiger partial charge is 0.486 e. The Morgan fingerprint density at radius 1 is 1.17 bits per heavy atom. The molecule has 35 heavy (non-hydrogen) atoms. The van der Waals surface area contributed by atoms with Gasteiger partial charge in [-0.1, -0.05) is 29.3 Å². The number of piperidine rings is 1. The molecule has 5 rings (SSSR count). The average molecular weight is 515 g/mol. The Kier molecular flexibility index (Phi) is 6.55. The molecule has 2 atom stereocenters.